The standard InChI is InChI=1S/C17H18N2O5/c1-12-4-3-5-14(10-12)24-9-8-18-17(20)13-6-7-16(23-2)15(11-13)19(21)22/h3-7,10-11H,8-9H2,1-2H3,(H,18,20). The number of ether oxygens (including phenoxy) is 2. The Morgan fingerprint density at radius 3 is 2.71 bits per heavy atom. The predicted octanol–water partition coefficient (Wildman–Crippen LogP) is 2.72. The van der Waals surface area contributed by atoms with Crippen LogP contribution in [0.4, 0.5) is 5.69 Å². The Labute approximate surface area is 139 Å². The Morgan fingerprint density at radius 1 is 1.25 bits per heavy atom. The van der Waals surface area contributed by atoms with Crippen molar-refractivity contribution in [2.45, 2.75) is 6.92 Å². The zero-order chi connectivity index (χ0) is 17.5. The number of amides is 1. The number of benzene rings is 2. The van der Waals surface area contributed by atoms with Gasteiger partial charge in [-0.2, -0.15) is 0 Å². The molecule has 7 heteroatoms. The number of aryl methyl sites for hydroxylation is 1. The molecule has 0 spiro atoms. The van der Waals surface area contributed by atoms with Crippen molar-refractivity contribution in [3.63, 3.8) is 0 Å². The van der Waals surface area contributed by atoms with Gasteiger partial charge in [0.2, 0.25) is 0 Å². The Balaban J connectivity index is 1.90. The summed E-state index contributed by atoms with van der Waals surface area (Å²) in [7, 11) is 1.34. The van der Waals surface area contributed by atoms with E-state index in [-0.39, 0.29) is 23.5 Å². The topological polar surface area (TPSA) is 90.7 Å². The molecule has 7 nitrogen and oxygen atoms in total. The average Bonchev–Trinajstić information content (AvgIpc) is 2.58. The van der Waals surface area contributed by atoms with Crippen LogP contribution in [0.3, 0.4) is 0 Å². The fourth-order valence-corrected chi connectivity index (χ4v) is 2.11. The largest absolute Gasteiger partial charge is 0.492 e. The second-order valence-corrected chi connectivity index (χ2v) is 5.06. The molecule has 0 saturated heterocycles. The molecule has 126 valence electrons. The van der Waals surface area contributed by atoms with Crippen molar-refractivity contribution in [1.29, 1.82) is 0 Å². The summed E-state index contributed by atoms with van der Waals surface area (Å²) < 4.78 is 10.4. The number of carbonyl (C=O) groups excluding carboxylic acids is 1. The molecule has 2 aromatic carbocycles. The highest BCUT2D eigenvalue weighted by Crippen LogP contribution is 2.27. The fourth-order valence-electron chi connectivity index (χ4n) is 2.11. The van der Waals surface area contributed by atoms with Gasteiger partial charge in [-0.15, -0.1) is 0 Å². The van der Waals surface area contributed by atoms with Crippen molar-refractivity contribution in [3.05, 3.63) is 63.7 Å². The van der Waals surface area contributed by atoms with E-state index in [2.05, 4.69) is 5.32 Å². The van der Waals surface area contributed by atoms with E-state index in [0.29, 0.717) is 6.61 Å². The summed E-state index contributed by atoms with van der Waals surface area (Å²) in [6, 6.07) is 11.6. The van der Waals surface area contributed by atoms with Gasteiger partial charge in [-0.05, 0) is 36.8 Å². The molecule has 2 aromatic rings. The highest BCUT2D eigenvalue weighted by molar-refractivity contribution is 5.95. The van der Waals surface area contributed by atoms with E-state index >= 15 is 0 Å². The Kier molecular flexibility index (Phi) is 5.73. The molecule has 0 radical (unpaired) electrons. The lowest BCUT2D eigenvalue weighted by Crippen LogP contribution is -2.28. The summed E-state index contributed by atoms with van der Waals surface area (Å²) in [5.74, 6) is 0.428. The zero-order valence-corrected chi connectivity index (χ0v) is 13.4. The highest BCUT2D eigenvalue weighted by Gasteiger charge is 2.17. The minimum atomic E-state index is -0.587. The fraction of sp³-hybridized carbons (Fsp3) is 0.235. The van der Waals surface area contributed by atoms with Crippen molar-refractivity contribution in [2.75, 3.05) is 20.3 Å². The van der Waals surface area contributed by atoms with E-state index in [1.54, 1.807) is 0 Å². The molecular weight excluding hydrogens is 312 g/mol. The number of nitro groups is 1. The van der Waals surface area contributed by atoms with Gasteiger partial charge < -0.3 is 14.8 Å². The number of methoxy groups -OCH3 is 1. The van der Waals surface area contributed by atoms with E-state index < -0.39 is 10.8 Å². The van der Waals surface area contributed by atoms with Crippen LogP contribution in [0.15, 0.2) is 42.5 Å². The van der Waals surface area contributed by atoms with Crippen molar-refractivity contribution in [1.82, 2.24) is 5.32 Å². The first-order valence-electron chi connectivity index (χ1n) is 7.31. The maximum absolute atomic E-state index is 12.1. The van der Waals surface area contributed by atoms with Crippen LogP contribution in [0.25, 0.3) is 0 Å². The summed E-state index contributed by atoms with van der Waals surface area (Å²) in [6.45, 7) is 2.55. The van der Waals surface area contributed by atoms with Crippen LogP contribution < -0.4 is 14.8 Å². The monoisotopic (exact) mass is 330 g/mol. The summed E-state index contributed by atoms with van der Waals surface area (Å²) in [5.41, 5.74) is 1.03. The summed E-state index contributed by atoms with van der Waals surface area (Å²) >= 11 is 0. The maximum atomic E-state index is 12.1. The van der Waals surface area contributed by atoms with Gasteiger partial charge in [0.15, 0.2) is 5.75 Å². The molecule has 0 saturated carbocycles. The van der Waals surface area contributed by atoms with Gasteiger partial charge in [-0.1, -0.05) is 12.1 Å². The number of hydrogen-bond donors (Lipinski definition) is 1. The summed E-state index contributed by atoms with van der Waals surface area (Å²) in [6.07, 6.45) is 0. The predicted molar refractivity (Wildman–Crippen MR) is 88.7 cm³/mol. The van der Waals surface area contributed by atoms with Crippen LogP contribution in [0, 0.1) is 17.0 Å². The van der Waals surface area contributed by atoms with Crippen molar-refractivity contribution in [2.24, 2.45) is 0 Å². The molecule has 0 atom stereocenters. The van der Waals surface area contributed by atoms with E-state index in [0.717, 1.165) is 11.3 Å². The Hall–Kier alpha value is -3.09. The smallest absolute Gasteiger partial charge is 0.311 e. The first-order valence-corrected chi connectivity index (χ1v) is 7.31. The zero-order valence-electron chi connectivity index (χ0n) is 13.4. The van der Waals surface area contributed by atoms with Crippen molar-refractivity contribution < 1.29 is 19.2 Å². The van der Waals surface area contributed by atoms with Crippen LogP contribution in [0.5, 0.6) is 11.5 Å². The molecule has 0 bridgehead atoms. The molecule has 0 fully saturated rings. The van der Waals surface area contributed by atoms with Crippen LogP contribution in [-0.4, -0.2) is 31.1 Å². The van der Waals surface area contributed by atoms with Gasteiger partial charge in [0, 0.05) is 11.6 Å². The minimum Gasteiger partial charge on any atom is -0.492 e. The minimum absolute atomic E-state index is 0.110. The van der Waals surface area contributed by atoms with Gasteiger partial charge in [-0.3, -0.25) is 14.9 Å². The lowest BCUT2D eigenvalue weighted by atomic mass is 10.1. The molecular formula is C17H18N2O5. The Morgan fingerprint density at radius 2 is 2.04 bits per heavy atom. The molecule has 1 N–H and O–H groups in total. The first kappa shape index (κ1) is 17.3. The highest BCUT2D eigenvalue weighted by atomic mass is 16.6. The molecule has 0 aliphatic heterocycles. The van der Waals surface area contributed by atoms with Crippen LogP contribution in [0.2, 0.25) is 0 Å². The molecule has 0 aliphatic rings. The number of nitrogens with zero attached hydrogens (tertiary/aromatic N) is 1. The number of rotatable bonds is 7. The lowest BCUT2D eigenvalue weighted by Gasteiger charge is -2.09. The third-order valence-corrected chi connectivity index (χ3v) is 3.28. The number of nitrogens with one attached hydrogen (secondary N) is 1. The molecule has 2 rings (SSSR count). The van der Waals surface area contributed by atoms with Crippen LogP contribution >= 0.6 is 0 Å². The maximum Gasteiger partial charge on any atom is 0.311 e. The lowest BCUT2D eigenvalue weighted by molar-refractivity contribution is -0.385. The van der Waals surface area contributed by atoms with Gasteiger partial charge in [0.25, 0.3) is 5.91 Å². The average molecular weight is 330 g/mol. The van der Waals surface area contributed by atoms with Crippen LogP contribution in [-0.2, 0) is 0 Å². The van der Waals surface area contributed by atoms with Gasteiger partial charge in [-0.25, -0.2) is 0 Å². The van der Waals surface area contributed by atoms with Crippen LogP contribution in [0.1, 0.15) is 15.9 Å². The van der Waals surface area contributed by atoms with Gasteiger partial charge >= 0.3 is 5.69 Å². The molecule has 0 unspecified atom stereocenters. The van der Waals surface area contributed by atoms with E-state index in [1.807, 2.05) is 31.2 Å². The van der Waals surface area contributed by atoms with Gasteiger partial charge in [0.1, 0.15) is 12.4 Å². The third kappa shape index (κ3) is 4.45. The first-order chi connectivity index (χ1) is 11.5. The number of hydrogen-bond acceptors (Lipinski definition) is 5. The van der Waals surface area contributed by atoms with E-state index in [1.165, 1.54) is 25.3 Å². The van der Waals surface area contributed by atoms with Gasteiger partial charge in [0.05, 0.1) is 18.6 Å². The second-order valence-electron chi connectivity index (χ2n) is 5.06. The molecule has 1 amide bonds. The van der Waals surface area contributed by atoms with E-state index in [9.17, 15) is 14.9 Å². The number of nitro benzene ring substituents is 1. The number of carbonyl (C=O) groups is 1. The van der Waals surface area contributed by atoms with Crippen molar-refractivity contribution >= 4 is 11.6 Å². The quantitative estimate of drug-likeness (QED) is 0.479. The normalized spacial score (nSPS) is 10.1. The SMILES string of the molecule is COc1ccc(C(=O)NCCOc2cccc(C)c2)cc1[N+](=O)[O-]. The molecule has 24 heavy (non-hydrogen) atoms. The summed E-state index contributed by atoms with van der Waals surface area (Å²) in [4.78, 5) is 22.4. The second kappa shape index (κ2) is 7.96. The molecule has 0 aliphatic carbocycles. The third-order valence-electron chi connectivity index (χ3n) is 3.28. The molecule has 0 aromatic heterocycles. The summed E-state index contributed by atoms with van der Waals surface area (Å²) in [5, 5.41) is 13.6. The Bertz CT molecular complexity index is 746. The van der Waals surface area contributed by atoms with E-state index in [4.69, 9.17) is 9.47 Å². The van der Waals surface area contributed by atoms with Crippen molar-refractivity contribution in [3.8, 4) is 11.5 Å². The molecule has 0 heterocycles.